The predicted octanol–water partition coefficient (Wildman–Crippen LogP) is -0.246. The Balaban J connectivity index is 1.91. The van der Waals surface area contributed by atoms with Crippen LogP contribution in [0.25, 0.3) is 0 Å². The summed E-state index contributed by atoms with van der Waals surface area (Å²) in [6.45, 7) is 8.32. The Kier molecular flexibility index (Phi) is 5.11. The van der Waals surface area contributed by atoms with Gasteiger partial charge in [-0.1, -0.05) is 0 Å². The first-order valence-corrected chi connectivity index (χ1v) is 7.03. The molecule has 1 aromatic heterocycles. The van der Waals surface area contributed by atoms with E-state index >= 15 is 0 Å². The Bertz CT molecular complexity index is 427. The Labute approximate surface area is 120 Å². The van der Waals surface area contributed by atoms with Crippen molar-refractivity contribution in [2.75, 3.05) is 63.7 Å². The van der Waals surface area contributed by atoms with Gasteiger partial charge in [-0.05, 0) is 21.0 Å². The van der Waals surface area contributed by atoms with E-state index in [1.165, 1.54) is 0 Å². The fraction of sp³-hybridized carbons (Fsp3) is 0.692. The number of hydrazine groups is 1. The molecule has 1 fully saturated rings. The molecule has 20 heavy (non-hydrogen) atoms. The first kappa shape index (κ1) is 15.0. The van der Waals surface area contributed by atoms with Gasteiger partial charge in [-0.25, -0.2) is 10.8 Å². The van der Waals surface area contributed by atoms with Crippen LogP contribution in [0.15, 0.2) is 6.07 Å². The van der Waals surface area contributed by atoms with Crippen LogP contribution in [0, 0.1) is 6.92 Å². The van der Waals surface area contributed by atoms with Gasteiger partial charge in [0, 0.05) is 51.0 Å². The molecular weight excluding hydrogens is 254 g/mol. The molecule has 7 nitrogen and oxygen atoms in total. The van der Waals surface area contributed by atoms with Gasteiger partial charge in [-0.3, -0.25) is 10.3 Å². The predicted molar refractivity (Wildman–Crippen MR) is 81.8 cm³/mol. The first-order valence-electron chi connectivity index (χ1n) is 7.03. The van der Waals surface area contributed by atoms with Crippen LogP contribution in [-0.4, -0.2) is 73.1 Å². The molecule has 0 saturated carbocycles. The van der Waals surface area contributed by atoms with E-state index in [1.807, 2.05) is 13.0 Å². The van der Waals surface area contributed by atoms with Crippen molar-refractivity contribution in [1.29, 1.82) is 0 Å². The lowest BCUT2D eigenvalue weighted by Gasteiger charge is -2.35. The van der Waals surface area contributed by atoms with Crippen LogP contribution in [0.4, 0.5) is 11.8 Å². The summed E-state index contributed by atoms with van der Waals surface area (Å²) in [7, 11) is 4.22. The lowest BCUT2D eigenvalue weighted by atomic mass is 10.3. The number of hydrogen-bond acceptors (Lipinski definition) is 7. The molecule has 1 aliphatic heterocycles. The van der Waals surface area contributed by atoms with Crippen molar-refractivity contribution >= 4 is 11.8 Å². The fourth-order valence-electron chi connectivity index (χ4n) is 2.32. The standard InChI is InChI=1S/C13H25N7/c1-11-10-12(16-13(15-11)17-14)20-8-6-19(7-9-20)5-4-18(2)3/h10H,4-9,14H2,1-3H3,(H,15,16,17). The van der Waals surface area contributed by atoms with Gasteiger partial charge < -0.3 is 9.80 Å². The van der Waals surface area contributed by atoms with Crippen molar-refractivity contribution in [2.24, 2.45) is 5.84 Å². The topological polar surface area (TPSA) is 73.5 Å². The van der Waals surface area contributed by atoms with E-state index in [9.17, 15) is 0 Å². The van der Waals surface area contributed by atoms with E-state index in [4.69, 9.17) is 5.84 Å². The van der Waals surface area contributed by atoms with Gasteiger partial charge in [0.05, 0.1) is 0 Å². The Hall–Kier alpha value is -1.44. The number of anilines is 2. The summed E-state index contributed by atoms with van der Waals surface area (Å²) in [5.74, 6) is 6.84. The van der Waals surface area contributed by atoms with E-state index in [2.05, 4.69) is 44.2 Å². The number of aromatic nitrogens is 2. The van der Waals surface area contributed by atoms with E-state index in [1.54, 1.807) is 0 Å². The molecule has 0 unspecified atom stereocenters. The molecule has 0 aliphatic carbocycles. The maximum Gasteiger partial charge on any atom is 0.239 e. The molecular formula is C13H25N7. The molecule has 0 atom stereocenters. The number of nitrogens with two attached hydrogens (primary N) is 1. The fourth-order valence-corrected chi connectivity index (χ4v) is 2.32. The van der Waals surface area contributed by atoms with Crippen LogP contribution in [0.3, 0.4) is 0 Å². The third kappa shape index (κ3) is 4.03. The molecule has 0 aromatic carbocycles. The second-order valence-corrected chi connectivity index (χ2v) is 5.47. The average molecular weight is 279 g/mol. The lowest BCUT2D eigenvalue weighted by molar-refractivity contribution is 0.229. The van der Waals surface area contributed by atoms with Crippen LogP contribution in [0.1, 0.15) is 5.69 Å². The van der Waals surface area contributed by atoms with E-state index in [0.717, 1.165) is 50.8 Å². The van der Waals surface area contributed by atoms with Gasteiger partial charge in [0.1, 0.15) is 5.82 Å². The van der Waals surface area contributed by atoms with Crippen molar-refractivity contribution in [3.05, 3.63) is 11.8 Å². The second-order valence-electron chi connectivity index (χ2n) is 5.47. The second kappa shape index (κ2) is 6.83. The van der Waals surface area contributed by atoms with Gasteiger partial charge in [-0.2, -0.15) is 4.98 Å². The van der Waals surface area contributed by atoms with Crippen LogP contribution < -0.4 is 16.2 Å². The van der Waals surface area contributed by atoms with E-state index in [0.29, 0.717) is 5.95 Å². The molecule has 0 radical (unpaired) electrons. The zero-order valence-corrected chi connectivity index (χ0v) is 12.6. The molecule has 0 spiro atoms. The molecule has 1 aromatic rings. The van der Waals surface area contributed by atoms with Crippen LogP contribution in [-0.2, 0) is 0 Å². The molecule has 0 amide bonds. The SMILES string of the molecule is Cc1cc(N2CCN(CCN(C)C)CC2)nc(NN)n1. The quantitative estimate of drug-likeness (QED) is 0.569. The minimum Gasteiger partial charge on any atom is -0.354 e. The van der Waals surface area contributed by atoms with E-state index in [-0.39, 0.29) is 0 Å². The van der Waals surface area contributed by atoms with Gasteiger partial charge in [0.2, 0.25) is 5.95 Å². The largest absolute Gasteiger partial charge is 0.354 e. The molecule has 2 rings (SSSR count). The number of rotatable bonds is 5. The van der Waals surface area contributed by atoms with Crippen molar-refractivity contribution in [2.45, 2.75) is 6.92 Å². The van der Waals surface area contributed by atoms with Crippen molar-refractivity contribution in [1.82, 2.24) is 19.8 Å². The number of nitrogen functional groups attached to an aromatic ring is 1. The summed E-state index contributed by atoms with van der Waals surface area (Å²) in [5.41, 5.74) is 3.45. The summed E-state index contributed by atoms with van der Waals surface area (Å²) in [4.78, 5) is 15.7. The number of aryl methyl sites for hydroxylation is 1. The maximum absolute atomic E-state index is 5.40. The molecule has 1 aliphatic rings. The van der Waals surface area contributed by atoms with Crippen LogP contribution >= 0.6 is 0 Å². The van der Waals surface area contributed by atoms with Gasteiger partial charge in [0.15, 0.2) is 0 Å². The Morgan fingerprint density at radius 1 is 1.25 bits per heavy atom. The Morgan fingerprint density at radius 2 is 1.95 bits per heavy atom. The molecule has 112 valence electrons. The minimum absolute atomic E-state index is 0.482. The highest BCUT2D eigenvalue weighted by atomic mass is 15.3. The number of nitrogens with one attached hydrogen (secondary N) is 1. The average Bonchev–Trinajstić information content (AvgIpc) is 2.45. The maximum atomic E-state index is 5.40. The molecule has 7 heteroatoms. The van der Waals surface area contributed by atoms with Crippen molar-refractivity contribution < 1.29 is 0 Å². The highest BCUT2D eigenvalue weighted by Gasteiger charge is 2.18. The summed E-state index contributed by atoms with van der Waals surface area (Å²) in [5, 5.41) is 0. The summed E-state index contributed by atoms with van der Waals surface area (Å²) in [6, 6.07) is 2.01. The minimum atomic E-state index is 0.482. The third-order valence-electron chi connectivity index (χ3n) is 3.53. The molecule has 1 saturated heterocycles. The normalized spacial score (nSPS) is 16.8. The number of nitrogens with zero attached hydrogens (tertiary/aromatic N) is 5. The monoisotopic (exact) mass is 279 g/mol. The highest BCUT2D eigenvalue weighted by molar-refractivity contribution is 5.44. The summed E-state index contributed by atoms with van der Waals surface area (Å²) < 4.78 is 0. The van der Waals surface area contributed by atoms with E-state index < -0.39 is 0 Å². The molecule has 2 heterocycles. The summed E-state index contributed by atoms with van der Waals surface area (Å²) >= 11 is 0. The third-order valence-corrected chi connectivity index (χ3v) is 3.53. The zero-order valence-electron chi connectivity index (χ0n) is 12.6. The first-order chi connectivity index (χ1) is 9.58. The van der Waals surface area contributed by atoms with Crippen LogP contribution in [0.5, 0.6) is 0 Å². The summed E-state index contributed by atoms with van der Waals surface area (Å²) in [6.07, 6.45) is 0. The zero-order chi connectivity index (χ0) is 14.5. The molecule has 3 N–H and O–H groups in total. The number of hydrogen-bond donors (Lipinski definition) is 2. The highest BCUT2D eigenvalue weighted by Crippen LogP contribution is 2.16. The van der Waals surface area contributed by atoms with Gasteiger partial charge in [0.25, 0.3) is 0 Å². The lowest BCUT2D eigenvalue weighted by Crippen LogP contribution is -2.48. The Morgan fingerprint density at radius 3 is 2.55 bits per heavy atom. The van der Waals surface area contributed by atoms with Gasteiger partial charge in [-0.15, -0.1) is 0 Å². The number of piperazine rings is 1. The van der Waals surface area contributed by atoms with Crippen molar-refractivity contribution in [3.63, 3.8) is 0 Å². The van der Waals surface area contributed by atoms with Crippen LogP contribution in [0.2, 0.25) is 0 Å². The van der Waals surface area contributed by atoms with Gasteiger partial charge >= 0.3 is 0 Å². The smallest absolute Gasteiger partial charge is 0.239 e. The molecule has 0 bridgehead atoms. The van der Waals surface area contributed by atoms with Crippen molar-refractivity contribution in [3.8, 4) is 0 Å². The number of likely N-dealkylation sites (N-methyl/N-ethyl adjacent to an activating group) is 1.